The van der Waals surface area contributed by atoms with E-state index in [9.17, 15) is 0 Å². The first-order valence-electron chi connectivity index (χ1n) is 18.6. The molecule has 2 aromatic heterocycles. The molecular formula is C49H31BN4. The molecule has 0 spiro atoms. The molecule has 12 rings (SSSR count). The fourth-order valence-corrected chi connectivity index (χ4v) is 9.26. The average molecular weight is 687 g/mol. The Kier molecular flexibility index (Phi) is 6.11. The molecule has 2 aliphatic heterocycles. The van der Waals surface area contributed by atoms with Crippen molar-refractivity contribution in [3.8, 4) is 33.6 Å². The number of fused-ring (bicyclic) bond motifs is 7. The van der Waals surface area contributed by atoms with Crippen molar-refractivity contribution in [3.05, 3.63) is 188 Å². The van der Waals surface area contributed by atoms with Crippen molar-refractivity contribution in [1.29, 1.82) is 0 Å². The van der Waals surface area contributed by atoms with Gasteiger partial charge in [0.25, 0.3) is 6.71 Å². The Balaban J connectivity index is 1.24. The van der Waals surface area contributed by atoms with Gasteiger partial charge in [0.05, 0.1) is 22.2 Å². The van der Waals surface area contributed by atoms with E-state index in [-0.39, 0.29) is 6.71 Å². The second kappa shape index (κ2) is 11.2. The minimum atomic E-state index is 0.0235. The highest BCUT2D eigenvalue weighted by Gasteiger charge is 2.41. The summed E-state index contributed by atoms with van der Waals surface area (Å²) in [5, 5.41) is 2.52. The molecule has 0 bridgehead atoms. The van der Waals surface area contributed by atoms with Gasteiger partial charge in [-0.05, 0) is 99.3 Å². The largest absolute Gasteiger partial charge is 0.310 e. The van der Waals surface area contributed by atoms with Crippen LogP contribution in [0.2, 0.25) is 0 Å². The zero-order chi connectivity index (χ0) is 35.3. The van der Waals surface area contributed by atoms with Crippen LogP contribution in [0.4, 0.5) is 17.1 Å². The van der Waals surface area contributed by atoms with Crippen LogP contribution in [0.25, 0.3) is 66.5 Å². The topological polar surface area (TPSA) is 26.0 Å². The van der Waals surface area contributed by atoms with Crippen LogP contribution in [0.3, 0.4) is 0 Å². The number of anilines is 3. The summed E-state index contributed by atoms with van der Waals surface area (Å²) in [5.74, 6) is 0. The maximum absolute atomic E-state index is 4.98. The van der Waals surface area contributed by atoms with Gasteiger partial charge >= 0.3 is 0 Å². The second-order valence-electron chi connectivity index (χ2n) is 14.4. The molecule has 4 nitrogen and oxygen atoms in total. The smallest absolute Gasteiger partial charge is 0.252 e. The molecule has 0 radical (unpaired) electrons. The Hall–Kier alpha value is -7.11. The van der Waals surface area contributed by atoms with Crippen LogP contribution in [0.15, 0.2) is 188 Å². The maximum atomic E-state index is 4.98. The second-order valence-corrected chi connectivity index (χ2v) is 14.4. The highest BCUT2D eigenvalue weighted by Crippen LogP contribution is 2.43. The van der Waals surface area contributed by atoms with Crippen LogP contribution in [-0.2, 0) is 0 Å². The summed E-state index contributed by atoms with van der Waals surface area (Å²) in [4.78, 5) is 7.36. The summed E-state index contributed by atoms with van der Waals surface area (Å²) < 4.78 is 4.89. The monoisotopic (exact) mass is 686 g/mol. The van der Waals surface area contributed by atoms with Crippen LogP contribution >= 0.6 is 0 Å². The third kappa shape index (κ3) is 4.12. The highest BCUT2D eigenvalue weighted by atomic mass is 15.2. The number of benzene rings is 8. The third-order valence-electron chi connectivity index (χ3n) is 11.5. The standard InChI is InChI=1S/C49H31BN4/c1-5-14-32(15-6-1)34-24-25-44-39(26-34)40-27-35(33-16-7-2-8-17-33)28-42-48(40)54(44)46-30-38(53(36-18-9-3-10-19-36)37-20-11-4-12-21-37)29-45-47(46)50(42)41-22-13-23-43-49(41)52(45)31-51-43/h1-31H. The highest BCUT2D eigenvalue weighted by molar-refractivity contribution is 7.00. The predicted octanol–water partition coefficient (Wildman–Crippen LogP) is 10.1. The van der Waals surface area contributed by atoms with Crippen LogP contribution in [-0.4, -0.2) is 20.8 Å². The van der Waals surface area contributed by atoms with Crippen molar-refractivity contribution in [2.24, 2.45) is 0 Å². The summed E-state index contributed by atoms with van der Waals surface area (Å²) in [6.45, 7) is 0.0235. The van der Waals surface area contributed by atoms with Gasteiger partial charge < -0.3 is 9.47 Å². The number of imidazole rings is 1. The van der Waals surface area contributed by atoms with E-state index in [2.05, 4.69) is 196 Å². The van der Waals surface area contributed by atoms with E-state index in [1.54, 1.807) is 0 Å². The molecule has 4 heterocycles. The number of aromatic nitrogens is 3. The van der Waals surface area contributed by atoms with Gasteiger partial charge in [-0.15, -0.1) is 0 Å². The SMILES string of the molecule is c1ccc(-c2ccc3c(c2)c2cc(-c4ccccc4)cc4c2n3-c2cc(N(c3ccccc3)c3ccccc3)cc3c2B4c2cccc4ncn-3c24)cc1. The van der Waals surface area contributed by atoms with Gasteiger partial charge in [0.15, 0.2) is 0 Å². The molecule has 0 atom stereocenters. The first kappa shape index (κ1) is 29.5. The minimum absolute atomic E-state index is 0.0235. The van der Waals surface area contributed by atoms with Gasteiger partial charge in [-0.25, -0.2) is 4.98 Å². The van der Waals surface area contributed by atoms with Crippen molar-refractivity contribution < 1.29 is 0 Å². The lowest BCUT2D eigenvalue weighted by Crippen LogP contribution is -2.59. The molecule has 54 heavy (non-hydrogen) atoms. The normalized spacial score (nSPS) is 12.4. The Morgan fingerprint density at radius 1 is 0.444 bits per heavy atom. The van der Waals surface area contributed by atoms with E-state index in [4.69, 9.17) is 4.98 Å². The van der Waals surface area contributed by atoms with Crippen LogP contribution in [0.5, 0.6) is 0 Å². The molecule has 0 amide bonds. The maximum Gasteiger partial charge on any atom is 0.252 e. The minimum Gasteiger partial charge on any atom is -0.310 e. The molecule has 10 aromatic rings. The van der Waals surface area contributed by atoms with Gasteiger partial charge in [-0.1, -0.05) is 121 Å². The van der Waals surface area contributed by atoms with Gasteiger partial charge in [0, 0.05) is 39.0 Å². The Bertz CT molecular complexity index is 3060. The molecule has 0 saturated heterocycles. The van der Waals surface area contributed by atoms with Gasteiger partial charge in [-0.3, -0.25) is 4.57 Å². The van der Waals surface area contributed by atoms with Crippen LogP contribution in [0.1, 0.15) is 0 Å². The van der Waals surface area contributed by atoms with E-state index in [0.717, 1.165) is 28.3 Å². The molecule has 0 fully saturated rings. The first-order valence-corrected chi connectivity index (χ1v) is 18.6. The molecule has 0 saturated carbocycles. The fourth-order valence-electron chi connectivity index (χ4n) is 9.26. The lowest BCUT2D eigenvalue weighted by atomic mass is 9.34. The number of rotatable bonds is 5. The van der Waals surface area contributed by atoms with E-state index in [0.29, 0.717) is 0 Å². The van der Waals surface area contributed by atoms with Gasteiger partial charge in [0.1, 0.15) is 6.33 Å². The van der Waals surface area contributed by atoms with Crippen molar-refractivity contribution in [3.63, 3.8) is 0 Å². The molecule has 5 heteroatoms. The predicted molar refractivity (Wildman–Crippen MR) is 226 cm³/mol. The zero-order valence-electron chi connectivity index (χ0n) is 29.3. The Labute approximate surface area is 312 Å². The van der Waals surface area contributed by atoms with Crippen LogP contribution < -0.4 is 21.3 Å². The van der Waals surface area contributed by atoms with Crippen molar-refractivity contribution >= 4 is 73.0 Å². The molecule has 0 N–H and O–H groups in total. The van der Waals surface area contributed by atoms with Gasteiger partial charge in [-0.2, -0.15) is 0 Å². The summed E-state index contributed by atoms with van der Waals surface area (Å²) in [6, 6.07) is 66.4. The zero-order valence-corrected chi connectivity index (χ0v) is 29.3. The van der Waals surface area contributed by atoms with Crippen molar-refractivity contribution in [2.75, 3.05) is 4.90 Å². The third-order valence-corrected chi connectivity index (χ3v) is 11.5. The molecule has 8 aromatic carbocycles. The number of hydrogen-bond donors (Lipinski definition) is 0. The fraction of sp³-hybridized carbons (Fsp3) is 0. The number of para-hydroxylation sites is 3. The summed E-state index contributed by atoms with van der Waals surface area (Å²) in [5.41, 5.74) is 19.2. The van der Waals surface area contributed by atoms with Crippen molar-refractivity contribution in [2.45, 2.75) is 0 Å². The van der Waals surface area contributed by atoms with Gasteiger partial charge in [0.2, 0.25) is 0 Å². The number of nitrogens with zero attached hydrogens (tertiary/aromatic N) is 4. The lowest BCUT2D eigenvalue weighted by molar-refractivity contribution is 1.08. The van der Waals surface area contributed by atoms with Crippen LogP contribution in [0, 0.1) is 0 Å². The van der Waals surface area contributed by atoms with E-state index < -0.39 is 0 Å². The van der Waals surface area contributed by atoms with E-state index >= 15 is 0 Å². The Morgan fingerprint density at radius 2 is 1.07 bits per heavy atom. The molecule has 0 aliphatic carbocycles. The van der Waals surface area contributed by atoms with Crippen molar-refractivity contribution in [1.82, 2.24) is 14.1 Å². The molecule has 2 aliphatic rings. The van der Waals surface area contributed by atoms with E-state index in [1.165, 1.54) is 71.7 Å². The molecular weight excluding hydrogens is 655 g/mol. The first-order chi connectivity index (χ1) is 26.8. The summed E-state index contributed by atoms with van der Waals surface area (Å²) >= 11 is 0. The average Bonchev–Trinajstić information content (AvgIpc) is 3.83. The van der Waals surface area contributed by atoms with E-state index in [1.807, 2.05) is 6.33 Å². The molecule has 250 valence electrons. The molecule has 0 unspecified atom stereocenters. The quantitative estimate of drug-likeness (QED) is 0.169. The number of hydrogen-bond acceptors (Lipinski definition) is 2. The summed E-state index contributed by atoms with van der Waals surface area (Å²) in [6.07, 6.45) is 2.02. The lowest BCUT2D eigenvalue weighted by Gasteiger charge is -2.35. The Morgan fingerprint density at radius 3 is 1.78 bits per heavy atom. The summed E-state index contributed by atoms with van der Waals surface area (Å²) in [7, 11) is 0.